The van der Waals surface area contributed by atoms with Crippen LogP contribution >= 0.6 is 0 Å². The summed E-state index contributed by atoms with van der Waals surface area (Å²) in [5.41, 5.74) is 9.00. The Morgan fingerprint density at radius 3 is 2.84 bits per heavy atom. The molecule has 1 saturated heterocycles. The van der Waals surface area contributed by atoms with Crippen LogP contribution in [0, 0.1) is 19.8 Å². The maximum atomic E-state index is 12.8. The second-order valence-electron chi connectivity index (χ2n) is 7.28. The van der Waals surface area contributed by atoms with Gasteiger partial charge in [-0.25, -0.2) is 4.98 Å². The van der Waals surface area contributed by atoms with Gasteiger partial charge in [-0.2, -0.15) is 0 Å². The maximum absolute atomic E-state index is 12.8. The Morgan fingerprint density at radius 1 is 1.44 bits per heavy atom. The number of hydrogen-bond acceptors (Lipinski definition) is 4. The standard InChI is InChI=1S/C18H27N5O2/c1-10-14(12(3)20-17-16(10)18(25)21-22(17)4)8-15(24)23-7-5-6-13(9-23)11(2)19/h11,13H,5-9,19H2,1-4H3,(H,21,25). The van der Waals surface area contributed by atoms with Crippen molar-refractivity contribution in [1.82, 2.24) is 19.7 Å². The van der Waals surface area contributed by atoms with Crippen LogP contribution in [0.4, 0.5) is 0 Å². The van der Waals surface area contributed by atoms with Gasteiger partial charge in [0.1, 0.15) is 0 Å². The number of piperidine rings is 1. The Kier molecular flexibility index (Phi) is 4.69. The molecule has 1 aliphatic heterocycles. The Bertz CT molecular complexity index is 864. The number of hydrogen-bond donors (Lipinski definition) is 2. The van der Waals surface area contributed by atoms with Crippen molar-refractivity contribution >= 4 is 16.9 Å². The number of fused-ring (bicyclic) bond motifs is 1. The number of H-pyrrole nitrogens is 1. The predicted octanol–water partition coefficient (Wildman–Crippen LogP) is 1.01. The van der Waals surface area contributed by atoms with E-state index in [1.165, 1.54) is 0 Å². The van der Waals surface area contributed by atoms with Crippen LogP contribution in [0.2, 0.25) is 0 Å². The van der Waals surface area contributed by atoms with Crippen molar-refractivity contribution in [1.29, 1.82) is 0 Å². The molecule has 2 aromatic heterocycles. The average Bonchev–Trinajstić information content (AvgIpc) is 2.85. The summed E-state index contributed by atoms with van der Waals surface area (Å²) in [6, 6.07) is 0.0972. The Labute approximate surface area is 147 Å². The zero-order valence-electron chi connectivity index (χ0n) is 15.4. The molecule has 0 saturated carbocycles. The molecule has 136 valence electrons. The molecule has 1 fully saturated rings. The zero-order chi connectivity index (χ0) is 18.3. The van der Waals surface area contributed by atoms with Gasteiger partial charge in [0, 0.05) is 31.9 Å². The number of carbonyl (C=O) groups is 1. The highest BCUT2D eigenvalue weighted by molar-refractivity contribution is 5.84. The third-order valence-electron chi connectivity index (χ3n) is 5.46. The summed E-state index contributed by atoms with van der Waals surface area (Å²) in [6.45, 7) is 7.30. The Hall–Kier alpha value is -2.15. The lowest BCUT2D eigenvalue weighted by molar-refractivity contribution is -0.132. The van der Waals surface area contributed by atoms with E-state index >= 15 is 0 Å². The van der Waals surface area contributed by atoms with E-state index in [-0.39, 0.29) is 23.9 Å². The van der Waals surface area contributed by atoms with E-state index in [2.05, 4.69) is 10.1 Å². The van der Waals surface area contributed by atoms with Gasteiger partial charge < -0.3 is 10.6 Å². The fourth-order valence-corrected chi connectivity index (χ4v) is 3.84. The third-order valence-corrected chi connectivity index (χ3v) is 5.46. The molecule has 1 amide bonds. The van der Waals surface area contributed by atoms with Crippen molar-refractivity contribution in [2.75, 3.05) is 13.1 Å². The van der Waals surface area contributed by atoms with Crippen molar-refractivity contribution in [3.63, 3.8) is 0 Å². The van der Waals surface area contributed by atoms with Gasteiger partial charge in [-0.05, 0) is 50.7 Å². The van der Waals surface area contributed by atoms with Crippen molar-refractivity contribution in [2.24, 2.45) is 18.7 Å². The second kappa shape index (κ2) is 6.63. The van der Waals surface area contributed by atoms with Gasteiger partial charge in [-0.3, -0.25) is 19.4 Å². The lowest BCUT2D eigenvalue weighted by atomic mass is 9.91. The molecule has 0 aliphatic carbocycles. The molecule has 25 heavy (non-hydrogen) atoms. The van der Waals surface area contributed by atoms with E-state index in [0.717, 1.165) is 42.8 Å². The molecule has 0 spiro atoms. The molecule has 3 heterocycles. The minimum atomic E-state index is -0.161. The van der Waals surface area contributed by atoms with Gasteiger partial charge in [-0.15, -0.1) is 0 Å². The minimum absolute atomic E-state index is 0.0880. The van der Waals surface area contributed by atoms with Crippen molar-refractivity contribution in [3.05, 3.63) is 27.2 Å². The molecule has 3 N–H and O–H groups in total. The molecule has 2 unspecified atom stereocenters. The molecule has 7 heteroatoms. The number of rotatable bonds is 3. The quantitative estimate of drug-likeness (QED) is 0.867. The summed E-state index contributed by atoms with van der Waals surface area (Å²) in [6.07, 6.45) is 2.35. The van der Waals surface area contributed by atoms with Gasteiger partial charge in [0.15, 0.2) is 5.65 Å². The van der Waals surface area contributed by atoms with Crippen LogP contribution in [0.15, 0.2) is 4.79 Å². The van der Waals surface area contributed by atoms with Gasteiger partial charge in [0.05, 0.1) is 11.8 Å². The number of aromatic nitrogens is 3. The molecular weight excluding hydrogens is 318 g/mol. The number of likely N-dealkylation sites (tertiary alicyclic amines) is 1. The summed E-state index contributed by atoms with van der Waals surface area (Å²) >= 11 is 0. The van der Waals surface area contributed by atoms with E-state index < -0.39 is 0 Å². The third kappa shape index (κ3) is 3.20. The first-order valence-corrected chi connectivity index (χ1v) is 8.87. The largest absolute Gasteiger partial charge is 0.342 e. The van der Waals surface area contributed by atoms with E-state index in [4.69, 9.17) is 5.73 Å². The van der Waals surface area contributed by atoms with Gasteiger partial charge in [0.25, 0.3) is 5.56 Å². The monoisotopic (exact) mass is 345 g/mol. The number of aromatic amines is 1. The number of carbonyl (C=O) groups excluding carboxylic acids is 1. The number of amides is 1. The highest BCUT2D eigenvalue weighted by Gasteiger charge is 2.27. The first kappa shape index (κ1) is 17.7. The fourth-order valence-electron chi connectivity index (χ4n) is 3.84. The van der Waals surface area contributed by atoms with Gasteiger partial charge >= 0.3 is 0 Å². The topological polar surface area (TPSA) is 97.0 Å². The first-order valence-electron chi connectivity index (χ1n) is 8.87. The number of nitrogens with one attached hydrogen (secondary N) is 1. The Balaban J connectivity index is 1.89. The van der Waals surface area contributed by atoms with Gasteiger partial charge in [0.2, 0.25) is 5.91 Å². The first-order chi connectivity index (χ1) is 11.8. The summed E-state index contributed by atoms with van der Waals surface area (Å²) in [4.78, 5) is 31.4. The van der Waals surface area contributed by atoms with Crippen molar-refractivity contribution in [2.45, 2.75) is 46.1 Å². The average molecular weight is 345 g/mol. The minimum Gasteiger partial charge on any atom is -0.342 e. The summed E-state index contributed by atoms with van der Waals surface area (Å²) < 4.78 is 1.63. The molecule has 0 radical (unpaired) electrons. The van der Waals surface area contributed by atoms with E-state index in [0.29, 0.717) is 17.0 Å². The summed E-state index contributed by atoms with van der Waals surface area (Å²) in [5, 5.41) is 3.31. The van der Waals surface area contributed by atoms with Crippen LogP contribution in [-0.4, -0.2) is 44.7 Å². The molecule has 2 atom stereocenters. The lowest BCUT2D eigenvalue weighted by Crippen LogP contribution is -2.45. The summed E-state index contributed by atoms with van der Waals surface area (Å²) in [5.74, 6) is 0.447. The van der Waals surface area contributed by atoms with Crippen LogP contribution in [0.1, 0.15) is 36.6 Å². The number of nitrogens with two attached hydrogens (primary N) is 1. The molecule has 2 aromatic rings. The summed E-state index contributed by atoms with van der Waals surface area (Å²) in [7, 11) is 1.77. The zero-order valence-corrected chi connectivity index (χ0v) is 15.4. The molecule has 3 rings (SSSR count). The SMILES string of the molecule is Cc1nc2c(c(C)c1CC(=O)N1CCCC(C(C)N)C1)c(=O)[nH]n2C. The van der Waals surface area contributed by atoms with Crippen LogP contribution in [0.25, 0.3) is 11.0 Å². The van der Waals surface area contributed by atoms with Crippen molar-refractivity contribution in [3.8, 4) is 0 Å². The highest BCUT2D eigenvalue weighted by Crippen LogP contribution is 2.23. The van der Waals surface area contributed by atoms with Crippen molar-refractivity contribution < 1.29 is 4.79 Å². The molecule has 0 aromatic carbocycles. The van der Waals surface area contributed by atoms with Crippen LogP contribution < -0.4 is 11.3 Å². The van der Waals surface area contributed by atoms with Crippen LogP contribution in [0.5, 0.6) is 0 Å². The smallest absolute Gasteiger partial charge is 0.273 e. The Morgan fingerprint density at radius 2 is 2.16 bits per heavy atom. The maximum Gasteiger partial charge on any atom is 0.273 e. The normalized spacial score (nSPS) is 19.4. The molecular formula is C18H27N5O2. The second-order valence-corrected chi connectivity index (χ2v) is 7.28. The molecule has 0 bridgehead atoms. The number of pyridine rings is 1. The number of aryl methyl sites for hydroxylation is 3. The molecule has 1 aliphatic rings. The fraction of sp³-hybridized carbons (Fsp3) is 0.611. The van der Waals surface area contributed by atoms with Crippen LogP contribution in [-0.2, 0) is 18.3 Å². The van der Waals surface area contributed by atoms with E-state index in [9.17, 15) is 9.59 Å². The highest BCUT2D eigenvalue weighted by atomic mass is 16.2. The van der Waals surface area contributed by atoms with E-state index in [1.54, 1.807) is 11.7 Å². The number of nitrogens with zero attached hydrogens (tertiary/aromatic N) is 3. The lowest BCUT2D eigenvalue weighted by Gasteiger charge is -2.35. The van der Waals surface area contributed by atoms with Crippen LogP contribution in [0.3, 0.4) is 0 Å². The van der Waals surface area contributed by atoms with E-state index in [1.807, 2.05) is 25.7 Å². The molecule has 7 nitrogen and oxygen atoms in total. The van der Waals surface area contributed by atoms with Gasteiger partial charge in [-0.1, -0.05) is 0 Å². The predicted molar refractivity (Wildman–Crippen MR) is 97.5 cm³/mol.